The third-order valence-corrected chi connectivity index (χ3v) is 3.14. The maximum absolute atomic E-state index is 4.99. The van der Waals surface area contributed by atoms with Crippen LogP contribution in [-0.4, -0.2) is 18.4 Å². The fourth-order valence-electron chi connectivity index (χ4n) is 1.75. The van der Waals surface area contributed by atoms with Gasteiger partial charge >= 0.3 is 0 Å². The van der Waals surface area contributed by atoms with Gasteiger partial charge in [0.25, 0.3) is 0 Å². The molecule has 4 heteroatoms. The highest BCUT2D eigenvalue weighted by Crippen LogP contribution is 2.12. The fraction of sp³-hybridized carbons (Fsp3) is 0.375. The molecule has 108 valence electrons. The zero-order valence-electron chi connectivity index (χ0n) is 12.2. The maximum atomic E-state index is 4.99. The second kappa shape index (κ2) is 10.1. The number of nitrogens with zero attached hydrogens (tertiary/aromatic N) is 1. The molecular weight excluding hydrogens is 266 g/mol. The summed E-state index contributed by atoms with van der Waals surface area (Å²) in [5.41, 5.74) is 5.19. The summed E-state index contributed by atoms with van der Waals surface area (Å²) in [5.74, 6) is 0. The molecular formula is C16H23N3S. The fourth-order valence-corrected chi connectivity index (χ4v) is 1.80. The van der Waals surface area contributed by atoms with Gasteiger partial charge in [0, 0.05) is 7.05 Å². The number of hydrogen-bond acceptors (Lipinski definition) is 2. The van der Waals surface area contributed by atoms with Crippen LogP contribution in [0.15, 0.2) is 41.0 Å². The van der Waals surface area contributed by atoms with Gasteiger partial charge in [0.2, 0.25) is 0 Å². The van der Waals surface area contributed by atoms with Gasteiger partial charge in [0.15, 0.2) is 5.11 Å². The molecule has 0 amide bonds. The van der Waals surface area contributed by atoms with E-state index in [0.29, 0.717) is 5.11 Å². The van der Waals surface area contributed by atoms with Crippen molar-refractivity contribution in [1.82, 2.24) is 10.7 Å². The Morgan fingerprint density at radius 2 is 2.00 bits per heavy atom. The first-order valence-electron chi connectivity index (χ1n) is 7.02. The maximum Gasteiger partial charge on any atom is 0.186 e. The number of allylic oxidation sites excluding steroid dienone is 1. The largest absolute Gasteiger partial charge is 0.364 e. The monoisotopic (exact) mass is 289 g/mol. The van der Waals surface area contributed by atoms with Gasteiger partial charge in [-0.1, -0.05) is 56.2 Å². The van der Waals surface area contributed by atoms with Crippen LogP contribution < -0.4 is 10.7 Å². The molecule has 0 saturated heterocycles. The summed E-state index contributed by atoms with van der Waals surface area (Å²) in [6.45, 7) is 2.21. The van der Waals surface area contributed by atoms with Crippen molar-refractivity contribution in [3.05, 3.63) is 41.5 Å². The van der Waals surface area contributed by atoms with Crippen molar-refractivity contribution in [2.75, 3.05) is 7.05 Å². The number of hydrogen-bond donors (Lipinski definition) is 2. The lowest BCUT2D eigenvalue weighted by molar-refractivity contribution is 0.724. The zero-order valence-corrected chi connectivity index (χ0v) is 13.0. The summed E-state index contributed by atoms with van der Waals surface area (Å²) < 4.78 is 0. The summed E-state index contributed by atoms with van der Waals surface area (Å²) in [6, 6.07) is 10.3. The van der Waals surface area contributed by atoms with Gasteiger partial charge in [-0.3, -0.25) is 5.43 Å². The van der Waals surface area contributed by atoms with Gasteiger partial charge in [-0.15, -0.1) is 0 Å². The average Bonchev–Trinajstić information content (AvgIpc) is 2.48. The van der Waals surface area contributed by atoms with Crippen molar-refractivity contribution < 1.29 is 0 Å². The Hall–Kier alpha value is -1.68. The Bertz CT molecular complexity index is 452. The van der Waals surface area contributed by atoms with Crippen molar-refractivity contribution >= 4 is 29.6 Å². The van der Waals surface area contributed by atoms with Gasteiger partial charge in [-0.05, 0) is 36.2 Å². The van der Waals surface area contributed by atoms with Gasteiger partial charge in [-0.25, -0.2) is 0 Å². The highest BCUT2D eigenvalue weighted by Gasteiger charge is 1.96. The molecule has 0 aliphatic carbocycles. The van der Waals surface area contributed by atoms with Crippen molar-refractivity contribution in [3.8, 4) is 0 Å². The molecule has 0 atom stereocenters. The number of hydrazone groups is 1. The molecule has 0 heterocycles. The lowest BCUT2D eigenvalue weighted by atomic mass is 10.1. The van der Waals surface area contributed by atoms with E-state index in [1.165, 1.54) is 30.4 Å². The van der Waals surface area contributed by atoms with Crippen molar-refractivity contribution in [2.45, 2.75) is 32.6 Å². The molecule has 1 aromatic rings. The Morgan fingerprint density at radius 3 is 2.65 bits per heavy atom. The summed E-state index contributed by atoms with van der Waals surface area (Å²) in [7, 11) is 1.77. The second-order valence-electron chi connectivity index (χ2n) is 4.54. The molecule has 20 heavy (non-hydrogen) atoms. The first-order chi connectivity index (χ1) is 9.76. The standard InChI is InChI=1S/C16H23N3S/c1-3-4-6-11-15(13-18-19-16(20)17-2)12-14-9-7-5-8-10-14/h5,7-10,12-13H,3-4,6,11H2,1-2H3,(H2,17,19,20)/b15-12+,18-13+. The Kier molecular flexibility index (Phi) is 8.31. The highest BCUT2D eigenvalue weighted by atomic mass is 32.1. The Labute approximate surface area is 127 Å². The molecule has 0 aliphatic heterocycles. The van der Waals surface area contributed by atoms with Crippen molar-refractivity contribution in [3.63, 3.8) is 0 Å². The number of nitrogens with one attached hydrogen (secondary N) is 2. The Balaban J connectivity index is 2.69. The predicted molar refractivity (Wildman–Crippen MR) is 91.8 cm³/mol. The van der Waals surface area contributed by atoms with Crippen LogP contribution in [0.2, 0.25) is 0 Å². The molecule has 0 fully saturated rings. The zero-order chi connectivity index (χ0) is 14.6. The van der Waals surface area contributed by atoms with Crippen molar-refractivity contribution in [2.24, 2.45) is 5.10 Å². The lowest BCUT2D eigenvalue weighted by Gasteiger charge is -2.04. The van der Waals surface area contributed by atoms with E-state index in [-0.39, 0.29) is 0 Å². The Morgan fingerprint density at radius 1 is 1.25 bits per heavy atom. The first kappa shape index (κ1) is 16.4. The molecule has 1 aromatic carbocycles. The summed E-state index contributed by atoms with van der Waals surface area (Å²) in [5, 5.41) is 7.52. The molecule has 2 N–H and O–H groups in total. The number of thiocarbonyl (C=S) groups is 1. The SMILES string of the molecule is CCCCCC(/C=N/NC(=S)NC)=C\c1ccccc1. The third-order valence-electron chi connectivity index (χ3n) is 2.84. The first-order valence-corrected chi connectivity index (χ1v) is 7.43. The number of unbranched alkanes of at least 4 members (excludes halogenated alkanes) is 2. The second-order valence-corrected chi connectivity index (χ2v) is 4.94. The number of rotatable bonds is 7. The van der Waals surface area contributed by atoms with E-state index in [0.717, 1.165) is 6.42 Å². The van der Waals surface area contributed by atoms with Gasteiger partial charge in [0.1, 0.15) is 0 Å². The third kappa shape index (κ3) is 7.04. The van der Waals surface area contributed by atoms with Gasteiger partial charge < -0.3 is 5.32 Å². The van der Waals surface area contributed by atoms with Crippen molar-refractivity contribution in [1.29, 1.82) is 0 Å². The van der Waals surface area contributed by atoms with Crippen LogP contribution in [0.4, 0.5) is 0 Å². The van der Waals surface area contributed by atoms with E-state index in [2.05, 4.69) is 41.0 Å². The molecule has 0 unspecified atom stereocenters. The molecule has 0 aliphatic rings. The molecule has 0 spiro atoms. The average molecular weight is 289 g/mol. The van der Waals surface area contributed by atoms with Gasteiger partial charge in [-0.2, -0.15) is 5.10 Å². The molecule has 0 saturated carbocycles. The van der Waals surface area contributed by atoms with Crippen LogP contribution in [0, 0.1) is 0 Å². The minimum Gasteiger partial charge on any atom is -0.364 e. The van der Waals surface area contributed by atoms with Crippen LogP contribution in [-0.2, 0) is 0 Å². The van der Waals surface area contributed by atoms with Crippen LogP contribution in [0.25, 0.3) is 6.08 Å². The topological polar surface area (TPSA) is 36.4 Å². The smallest absolute Gasteiger partial charge is 0.186 e. The highest BCUT2D eigenvalue weighted by molar-refractivity contribution is 7.80. The minimum absolute atomic E-state index is 0.522. The van der Waals surface area contributed by atoms with Crippen LogP contribution in [0.5, 0.6) is 0 Å². The molecule has 1 rings (SSSR count). The van der Waals surface area contributed by atoms with E-state index in [1.54, 1.807) is 7.05 Å². The molecule has 0 bridgehead atoms. The molecule has 0 radical (unpaired) electrons. The van der Waals surface area contributed by atoms with E-state index in [9.17, 15) is 0 Å². The van der Waals surface area contributed by atoms with Crippen LogP contribution in [0.3, 0.4) is 0 Å². The molecule has 0 aromatic heterocycles. The predicted octanol–water partition coefficient (Wildman–Crippen LogP) is 3.73. The quantitative estimate of drug-likeness (QED) is 0.347. The van der Waals surface area contributed by atoms with E-state index < -0.39 is 0 Å². The van der Waals surface area contributed by atoms with Crippen LogP contribution in [0.1, 0.15) is 38.2 Å². The van der Waals surface area contributed by atoms with Crippen LogP contribution >= 0.6 is 12.2 Å². The summed E-state index contributed by atoms with van der Waals surface area (Å²) >= 11 is 4.99. The normalized spacial score (nSPS) is 11.6. The van der Waals surface area contributed by atoms with E-state index in [1.807, 2.05) is 24.4 Å². The summed E-state index contributed by atoms with van der Waals surface area (Å²) in [6.07, 6.45) is 8.69. The molecule has 3 nitrogen and oxygen atoms in total. The summed E-state index contributed by atoms with van der Waals surface area (Å²) in [4.78, 5) is 0. The minimum atomic E-state index is 0.522. The van der Waals surface area contributed by atoms with Gasteiger partial charge in [0.05, 0.1) is 6.21 Å². The van der Waals surface area contributed by atoms with E-state index >= 15 is 0 Å². The number of benzene rings is 1. The van der Waals surface area contributed by atoms with E-state index in [4.69, 9.17) is 12.2 Å². The lowest BCUT2D eigenvalue weighted by Crippen LogP contribution is -2.28.